The van der Waals surface area contributed by atoms with Gasteiger partial charge in [0.2, 0.25) is 0 Å². The quantitative estimate of drug-likeness (QED) is 0.0652. The molecular weight excluding hydrogens is 573 g/mol. The van der Waals surface area contributed by atoms with Gasteiger partial charge in [-0.15, -0.1) is 23.1 Å². The molecule has 0 spiro atoms. The lowest BCUT2D eigenvalue weighted by Gasteiger charge is -2.16. The SMILES string of the molecule is CSc1cc([N+](=O)[O-])ccc1C(=O)NCCCC[C@H](NC(=O)c1cncs1)c1ncc(-c2ccc3ccccc3c2)[nH]1. The van der Waals surface area contributed by atoms with Gasteiger partial charge in [0.25, 0.3) is 17.5 Å². The van der Waals surface area contributed by atoms with Gasteiger partial charge in [-0.05, 0) is 48.4 Å². The fourth-order valence-corrected chi connectivity index (χ4v) is 5.75. The number of nitro groups is 1. The molecule has 0 fully saturated rings. The first-order valence-corrected chi connectivity index (χ1v) is 15.4. The number of carbonyl (C=O) groups is 2. The van der Waals surface area contributed by atoms with Gasteiger partial charge in [0.15, 0.2) is 0 Å². The highest BCUT2D eigenvalue weighted by Crippen LogP contribution is 2.27. The van der Waals surface area contributed by atoms with Crippen LogP contribution < -0.4 is 10.6 Å². The number of nitrogens with one attached hydrogen (secondary N) is 3. The van der Waals surface area contributed by atoms with Crippen molar-refractivity contribution in [1.82, 2.24) is 25.6 Å². The second-order valence-electron chi connectivity index (χ2n) is 9.53. The number of carbonyl (C=O) groups excluding carboxylic acids is 2. The fraction of sp³-hybridized carbons (Fsp3) is 0.200. The number of nitrogens with zero attached hydrogens (tertiary/aromatic N) is 3. The van der Waals surface area contributed by atoms with Crippen LogP contribution in [0.1, 0.15) is 51.2 Å². The molecule has 2 aromatic heterocycles. The smallest absolute Gasteiger partial charge is 0.270 e. The van der Waals surface area contributed by atoms with Crippen molar-refractivity contribution in [3.8, 4) is 11.3 Å². The Morgan fingerprint density at radius 1 is 1.05 bits per heavy atom. The highest BCUT2D eigenvalue weighted by Gasteiger charge is 2.20. The molecule has 12 heteroatoms. The number of rotatable bonds is 12. The molecular formula is C30H28N6O4S2. The summed E-state index contributed by atoms with van der Waals surface area (Å²) >= 11 is 2.56. The zero-order valence-corrected chi connectivity index (χ0v) is 24.3. The molecule has 0 saturated carbocycles. The van der Waals surface area contributed by atoms with Crippen molar-refractivity contribution in [3.63, 3.8) is 0 Å². The van der Waals surface area contributed by atoms with Crippen molar-refractivity contribution in [1.29, 1.82) is 0 Å². The average molecular weight is 601 g/mol. The molecule has 0 aliphatic carbocycles. The second-order valence-corrected chi connectivity index (χ2v) is 11.3. The van der Waals surface area contributed by atoms with Crippen LogP contribution in [0.5, 0.6) is 0 Å². The molecule has 0 unspecified atom stereocenters. The third kappa shape index (κ3) is 6.84. The van der Waals surface area contributed by atoms with Crippen LogP contribution in [0.3, 0.4) is 0 Å². The molecule has 0 saturated heterocycles. The minimum atomic E-state index is -0.477. The van der Waals surface area contributed by atoms with Gasteiger partial charge in [-0.3, -0.25) is 24.7 Å². The summed E-state index contributed by atoms with van der Waals surface area (Å²) in [5.74, 6) is 0.146. The largest absolute Gasteiger partial charge is 0.352 e. The lowest BCUT2D eigenvalue weighted by molar-refractivity contribution is -0.385. The van der Waals surface area contributed by atoms with E-state index in [1.807, 2.05) is 18.2 Å². The van der Waals surface area contributed by atoms with Gasteiger partial charge < -0.3 is 15.6 Å². The first kappa shape index (κ1) is 29.0. The van der Waals surface area contributed by atoms with Crippen LogP contribution >= 0.6 is 23.1 Å². The number of H-pyrrole nitrogens is 1. The summed E-state index contributed by atoms with van der Waals surface area (Å²) in [6.07, 6.45) is 7.05. The van der Waals surface area contributed by atoms with E-state index in [1.165, 1.54) is 47.5 Å². The minimum absolute atomic E-state index is 0.0518. The number of hydrogen-bond donors (Lipinski definition) is 3. The van der Waals surface area contributed by atoms with E-state index in [4.69, 9.17) is 0 Å². The van der Waals surface area contributed by atoms with Crippen LogP contribution in [0, 0.1) is 10.1 Å². The van der Waals surface area contributed by atoms with Crippen LogP contribution in [-0.4, -0.2) is 44.5 Å². The van der Waals surface area contributed by atoms with Crippen LogP contribution in [0.2, 0.25) is 0 Å². The maximum atomic E-state index is 12.9. The number of aromatic nitrogens is 3. The fourth-order valence-electron chi connectivity index (χ4n) is 4.60. The Morgan fingerprint density at radius 2 is 1.88 bits per heavy atom. The Labute approximate surface area is 250 Å². The van der Waals surface area contributed by atoms with E-state index in [0.717, 1.165) is 22.0 Å². The van der Waals surface area contributed by atoms with Crippen molar-refractivity contribution >= 4 is 51.4 Å². The van der Waals surface area contributed by atoms with Gasteiger partial charge in [0.1, 0.15) is 10.7 Å². The van der Waals surface area contributed by atoms with Gasteiger partial charge in [0, 0.05) is 29.1 Å². The molecule has 3 N–H and O–H groups in total. The summed E-state index contributed by atoms with van der Waals surface area (Å²) < 4.78 is 0. The number of aromatic amines is 1. The average Bonchev–Trinajstić information content (AvgIpc) is 3.73. The normalized spacial score (nSPS) is 11.7. The Kier molecular flexibility index (Phi) is 9.25. The topological polar surface area (TPSA) is 143 Å². The number of fused-ring (bicyclic) bond motifs is 1. The maximum absolute atomic E-state index is 12.9. The van der Waals surface area contributed by atoms with E-state index in [-0.39, 0.29) is 23.5 Å². The van der Waals surface area contributed by atoms with E-state index in [9.17, 15) is 19.7 Å². The first-order chi connectivity index (χ1) is 20.4. The third-order valence-corrected chi connectivity index (χ3v) is 8.34. The molecule has 2 heterocycles. The minimum Gasteiger partial charge on any atom is -0.352 e. The van der Waals surface area contributed by atoms with E-state index in [0.29, 0.717) is 47.0 Å². The monoisotopic (exact) mass is 600 g/mol. The van der Waals surface area contributed by atoms with E-state index >= 15 is 0 Å². The van der Waals surface area contributed by atoms with Gasteiger partial charge in [-0.2, -0.15) is 0 Å². The van der Waals surface area contributed by atoms with Crippen molar-refractivity contribution in [2.75, 3.05) is 12.8 Å². The van der Waals surface area contributed by atoms with Crippen molar-refractivity contribution in [3.05, 3.63) is 105 Å². The van der Waals surface area contributed by atoms with E-state index in [1.54, 1.807) is 18.0 Å². The van der Waals surface area contributed by atoms with Crippen LogP contribution in [0.25, 0.3) is 22.0 Å². The maximum Gasteiger partial charge on any atom is 0.270 e. The standard InChI is InChI=1S/C30H28N6O4S2/c1-41-26-15-22(36(39)40)11-12-23(26)29(37)32-13-5-4-8-24(35-30(38)27-17-31-18-42-27)28-33-16-25(34-28)21-10-9-19-6-2-3-7-20(19)14-21/h2-3,6-7,9-12,14-18,24H,4-5,8,13H2,1H3,(H,32,37)(H,33,34)(H,35,38)/t24-/m0/s1. The Hall–Kier alpha value is -4.55. The molecule has 3 aromatic carbocycles. The molecule has 5 aromatic rings. The Morgan fingerprint density at radius 3 is 2.64 bits per heavy atom. The molecule has 1 atom stereocenters. The lowest BCUT2D eigenvalue weighted by atomic mass is 10.1. The van der Waals surface area contributed by atoms with Crippen LogP contribution in [0.15, 0.2) is 83.5 Å². The molecule has 2 amide bonds. The summed E-state index contributed by atoms with van der Waals surface area (Å²) in [6, 6.07) is 18.2. The van der Waals surface area contributed by atoms with Crippen molar-refractivity contribution in [2.45, 2.75) is 30.2 Å². The highest BCUT2D eigenvalue weighted by atomic mass is 32.2. The molecule has 0 aliphatic heterocycles. The third-order valence-electron chi connectivity index (χ3n) is 6.79. The number of non-ortho nitro benzene ring substituents is 1. The van der Waals surface area contributed by atoms with E-state index < -0.39 is 4.92 Å². The number of unbranched alkanes of at least 4 members (excludes halogenated alkanes) is 1. The van der Waals surface area contributed by atoms with Crippen LogP contribution in [-0.2, 0) is 0 Å². The number of nitro benzene ring substituents is 1. The Balaban J connectivity index is 1.23. The number of thiazole rings is 1. The summed E-state index contributed by atoms with van der Waals surface area (Å²) in [4.78, 5) is 49.3. The lowest BCUT2D eigenvalue weighted by Crippen LogP contribution is -2.29. The summed E-state index contributed by atoms with van der Waals surface area (Å²) in [5.41, 5.74) is 3.82. The van der Waals surface area contributed by atoms with Gasteiger partial charge >= 0.3 is 0 Å². The van der Waals surface area contributed by atoms with Gasteiger partial charge in [-0.25, -0.2) is 4.98 Å². The Bertz CT molecular complexity index is 1720. The first-order valence-electron chi connectivity index (χ1n) is 13.3. The highest BCUT2D eigenvalue weighted by molar-refractivity contribution is 7.98. The predicted molar refractivity (Wildman–Crippen MR) is 165 cm³/mol. The number of thioether (sulfide) groups is 1. The van der Waals surface area contributed by atoms with Gasteiger partial charge in [-0.1, -0.05) is 36.4 Å². The zero-order valence-electron chi connectivity index (χ0n) is 22.7. The number of benzene rings is 3. The van der Waals surface area contributed by atoms with Crippen molar-refractivity contribution < 1.29 is 14.5 Å². The summed E-state index contributed by atoms with van der Waals surface area (Å²) in [7, 11) is 0. The number of amides is 2. The number of imidazole rings is 1. The zero-order chi connectivity index (χ0) is 29.5. The summed E-state index contributed by atoms with van der Waals surface area (Å²) in [6.45, 7) is 0.416. The molecule has 10 nitrogen and oxygen atoms in total. The van der Waals surface area contributed by atoms with E-state index in [2.05, 4.69) is 49.9 Å². The van der Waals surface area contributed by atoms with Crippen LogP contribution in [0.4, 0.5) is 5.69 Å². The molecule has 0 aliphatic rings. The van der Waals surface area contributed by atoms with Gasteiger partial charge in [0.05, 0.1) is 40.1 Å². The summed E-state index contributed by atoms with van der Waals surface area (Å²) in [5, 5.41) is 19.3. The second kappa shape index (κ2) is 13.4. The molecule has 5 rings (SSSR count). The molecule has 0 bridgehead atoms. The predicted octanol–water partition coefficient (Wildman–Crippen LogP) is 6.39. The molecule has 42 heavy (non-hydrogen) atoms. The van der Waals surface area contributed by atoms with Crippen molar-refractivity contribution in [2.24, 2.45) is 0 Å². The number of hydrogen-bond acceptors (Lipinski definition) is 8. The molecule has 214 valence electrons. The molecule has 0 radical (unpaired) electrons.